The largest absolute Gasteiger partial charge is 0.308 e. The predicted molar refractivity (Wildman–Crippen MR) is 555 cm³/mol. The number of para-hydroxylation sites is 6. The Morgan fingerprint density at radius 1 is 0.168 bits per heavy atom. The van der Waals surface area contributed by atoms with Crippen LogP contribution in [0.25, 0.3) is 236 Å². The highest BCUT2D eigenvalue weighted by molar-refractivity contribution is 6.25. The van der Waals surface area contributed by atoms with Crippen LogP contribution in [0.4, 0.5) is 0 Å². The van der Waals surface area contributed by atoms with Crippen molar-refractivity contribution < 1.29 is 0 Å². The molecule has 0 fully saturated rings. The maximum absolute atomic E-state index is 5.20. The lowest BCUT2D eigenvalue weighted by Crippen LogP contribution is -2.10. The van der Waals surface area contributed by atoms with Gasteiger partial charge < -0.3 is 13.7 Å². The van der Waals surface area contributed by atoms with Crippen LogP contribution in [0.15, 0.2) is 468 Å². The minimum atomic E-state index is 0.115. The van der Waals surface area contributed by atoms with Crippen molar-refractivity contribution in [3.05, 3.63) is 473 Å². The highest BCUT2D eigenvalue weighted by Gasteiger charge is 2.25. The number of rotatable bonds is 10. The van der Waals surface area contributed by atoms with Gasteiger partial charge in [0, 0.05) is 49.0 Å². The van der Waals surface area contributed by atoms with Crippen molar-refractivity contribution >= 4 is 141 Å². The molecule has 6 aromatic heterocycles. The summed E-state index contributed by atoms with van der Waals surface area (Å²) in [4.78, 5) is 15.5. The van der Waals surface area contributed by atoms with Crippen LogP contribution in [0.1, 0.15) is 26.3 Å². The molecular weight excluding hydrogens is 1590 g/mol. The smallest absolute Gasteiger partial charge is 0.0716 e. The van der Waals surface area contributed by atoms with Crippen LogP contribution in [-0.4, -0.2) is 28.7 Å². The molecule has 0 radical (unpaired) electrons. The topological polar surface area (TPSA) is 53.5 Å². The summed E-state index contributed by atoms with van der Waals surface area (Å²) in [6, 6.07) is 162. The predicted octanol–water partition coefficient (Wildman–Crippen LogP) is 33.6. The van der Waals surface area contributed by atoms with Gasteiger partial charge in [0.1, 0.15) is 0 Å². The van der Waals surface area contributed by atoms with E-state index in [2.05, 4.69) is 483 Å². The third-order valence-electron chi connectivity index (χ3n) is 26.7. The summed E-state index contributed by atoms with van der Waals surface area (Å²) >= 11 is 0. The third kappa shape index (κ3) is 13.4. The van der Waals surface area contributed by atoms with Gasteiger partial charge in [0.25, 0.3) is 0 Å². The summed E-state index contributed by atoms with van der Waals surface area (Å²) in [6.45, 7) is 6.80. The highest BCUT2D eigenvalue weighted by atomic mass is 15.0. The van der Waals surface area contributed by atoms with Crippen LogP contribution < -0.4 is 0 Å². The zero-order chi connectivity index (χ0) is 87.2. The molecule has 131 heavy (non-hydrogen) atoms. The van der Waals surface area contributed by atoms with E-state index in [1.54, 1.807) is 0 Å². The summed E-state index contributed by atoms with van der Waals surface area (Å²) in [5, 5.41) is 24.7. The van der Waals surface area contributed by atoms with Crippen molar-refractivity contribution in [3.8, 4) is 95.3 Å². The molecule has 0 saturated heterocycles. The molecule has 0 amide bonds. The van der Waals surface area contributed by atoms with Crippen molar-refractivity contribution in [2.24, 2.45) is 0 Å². The molecular formula is C125H86N6. The Morgan fingerprint density at radius 2 is 0.420 bits per heavy atom. The zero-order valence-corrected chi connectivity index (χ0v) is 72.6. The summed E-state index contributed by atoms with van der Waals surface area (Å²) < 4.78 is 6.96. The lowest BCUT2D eigenvalue weighted by Gasteiger charge is -2.20. The summed E-state index contributed by atoms with van der Waals surface area (Å²) in [6.07, 6.45) is 6.08. The van der Waals surface area contributed by atoms with E-state index in [9.17, 15) is 0 Å². The van der Waals surface area contributed by atoms with Crippen molar-refractivity contribution in [2.75, 3.05) is 0 Å². The number of hydrogen-bond donors (Lipinski definition) is 0. The van der Waals surface area contributed by atoms with E-state index in [-0.39, 0.29) is 5.41 Å². The molecule has 0 unspecified atom stereocenters. The third-order valence-corrected chi connectivity index (χ3v) is 26.7. The van der Waals surface area contributed by atoms with E-state index >= 15 is 0 Å². The van der Waals surface area contributed by atoms with Crippen LogP contribution >= 0.6 is 0 Å². The molecule has 616 valence electrons. The second-order valence-electron chi connectivity index (χ2n) is 35.2. The zero-order valence-electron chi connectivity index (χ0n) is 72.6. The Balaban J connectivity index is 0.000000109. The number of pyridine rings is 3. The Hall–Kier alpha value is -16.9. The van der Waals surface area contributed by atoms with E-state index in [4.69, 9.17) is 15.0 Å². The van der Waals surface area contributed by atoms with Gasteiger partial charge in [-0.2, -0.15) is 0 Å². The molecule has 26 aromatic rings. The van der Waals surface area contributed by atoms with Gasteiger partial charge in [-0.3, -0.25) is 15.0 Å². The Bertz CT molecular complexity index is 8690. The number of nitrogens with zero attached hydrogens (tertiary/aromatic N) is 6. The normalized spacial score (nSPS) is 11.8. The van der Waals surface area contributed by atoms with Gasteiger partial charge >= 0.3 is 0 Å². The summed E-state index contributed by atoms with van der Waals surface area (Å²) in [5.74, 6) is 0. The Kier molecular flexibility index (Phi) is 19.1. The van der Waals surface area contributed by atoms with Gasteiger partial charge in [0.05, 0.1) is 85.8 Å². The second kappa shape index (κ2) is 32.2. The molecule has 0 bridgehead atoms. The first-order valence-electron chi connectivity index (χ1n) is 45.1. The minimum absolute atomic E-state index is 0.115. The first-order valence-corrected chi connectivity index (χ1v) is 45.1. The average molecular weight is 1670 g/mol. The lowest BCUT2D eigenvalue weighted by molar-refractivity contribution is 0.590. The van der Waals surface area contributed by atoms with E-state index in [0.29, 0.717) is 0 Å². The van der Waals surface area contributed by atoms with Crippen molar-refractivity contribution in [2.45, 2.75) is 26.2 Å². The Labute approximate surface area is 758 Å². The quantitative estimate of drug-likeness (QED) is 0.128. The monoisotopic (exact) mass is 1670 g/mol. The van der Waals surface area contributed by atoms with Crippen LogP contribution in [0.3, 0.4) is 0 Å². The molecule has 26 rings (SSSR count). The van der Waals surface area contributed by atoms with Crippen molar-refractivity contribution in [3.63, 3.8) is 0 Å². The molecule has 0 N–H and O–H groups in total. The summed E-state index contributed by atoms with van der Waals surface area (Å²) in [7, 11) is 0. The molecule has 0 spiro atoms. The molecule has 6 heteroatoms. The van der Waals surface area contributed by atoms with Gasteiger partial charge in [-0.1, -0.05) is 385 Å². The fourth-order valence-corrected chi connectivity index (χ4v) is 20.7. The van der Waals surface area contributed by atoms with Crippen LogP contribution in [0, 0.1) is 0 Å². The van der Waals surface area contributed by atoms with Gasteiger partial charge in [-0.15, -0.1) is 0 Å². The van der Waals surface area contributed by atoms with Gasteiger partial charge in [-0.05, 0) is 216 Å². The molecule has 6 heterocycles. The molecule has 20 aromatic carbocycles. The van der Waals surface area contributed by atoms with E-state index in [1.165, 1.54) is 202 Å². The van der Waals surface area contributed by atoms with Crippen LogP contribution in [0.2, 0.25) is 0 Å². The molecule has 6 nitrogen and oxygen atoms in total. The fourth-order valence-electron chi connectivity index (χ4n) is 20.7. The number of fused-ring (bicyclic) bond motifs is 16. The van der Waals surface area contributed by atoms with Crippen molar-refractivity contribution in [1.82, 2.24) is 28.7 Å². The molecule has 0 aliphatic heterocycles. The maximum atomic E-state index is 5.20. The molecule has 0 aliphatic carbocycles. The van der Waals surface area contributed by atoms with E-state index in [0.717, 1.165) is 39.7 Å². The number of hydrogen-bond acceptors (Lipinski definition) is 3. The van der Waals surface area contributed by atoms with Gasteiger partial charge in [0.2, 0.25) is 0 Å². The van der Waals surface area contributed by atoms with Gasteiger partial charge in [-0.25, -0.2) is 0 Å². The SMILES string of the molecule is CC(C)(C)c1ccc(-c2c3ccccc3c(-c3ccc(-n4c5ccccc5c5ccccc54)cn3)c3ccccc23)cc1.c1ccc(-c2ccc3c(-c4ccccc4)c4ccccc4c(-c4ccc(-n5c6ccccc6c6ccccc65)cn4)c3c2)cc1.c1ccc2cc(-c3c4ccccc4c(-c4ccc(-n5c6ccccc6c6ccccc65)cn4)c4ccccc34)ccc2c1. The Morgan fingerprint density at radius 3 is 0.748 bits per heavy atom. The van der Waals surface area contributed by atoms with Crippen molar-refractivity contribution in [1.29, 1.82) is 0 Å². The molecule has 0 saturated carbocycles. The van der Waals surface area contributed by atoms with E-state index in [1.807, 2.05) is 18.6 Å². The van der Waals surface area contributed by atoms with Crippen LogP contribution in [0.5, 0.6) is 0 Å². The second-order valence-corrected chi connectivity index (χ2v) is 35.2. The first kappa shape index (κ1) is 77.6. The summed E-state index contributed by atoms with van der Waals surface area (Å²) in [5.41, 5.74) is 28.1. The number of benzene rings is 20. The van der Waals surface area contributed by atoms with Gasteiger partial charge in [0.15, 0.2) is 0 Å². The average Bonchev–Trinajstić information content (AvgIpc) is 1.58. The minimum Gasteiger partial charge on any atom is -0.308 e. The lowest BCUT2D eigenvalue weighted by atomic mass is 9.84. The highest BCUT2D eigenvalue weighted by Crippen LogP contribution is 2.50. The standard InChI is InChI=1S/C43H28N2.C41H26N2.C41H32N2/c1-3-13-29(14-4-1)31-23-25-37-38(27-31)43(36-20-8-7-19-35(36)42(37)30-15-5-2-6-16-30)39-26-24-32(28-44-39)45-40-21-11-9-17-33(40)34-18-10-12-22-41(34)45;1-2-12-28-25-29(22-21-27(28)11-1)40-33-15-3-5-17-35(33)41(36-18-6-4-16-34(36)40)37-24-23-30(26-42-37)43-38-19-9-7-13-31(38)32-14-8-10-20-39(32)43;1-41(2,3)28-22-20-27(21-23-28)39-32-14-4-6-16-34(32)40(35-17-7-5-15-33(35)39)36-25-24-29(26-42-36)43-37-18-10-8-12-30(37)31-13-9-11-19-38(31)43/h1-28H;1-26H;4-26H,1-3H3. The number of aromatic nitrogens is 6. The first-order chi connectivity index (χ1) is 64.7. The molecule has 0 aliphatic rings. The maximum Gasteiger partial charge on any atom is 0.0716 e. The van der Waals surface area contributed by atoms with E-state index < -0.39 is 0 Å². The fraction of sp³-hybridized carbons (Fsp3) is 0.0320. The van der Waals surface area contributed by atoms with Crippen LogP contribution in [-0.2, 0) is 5.41 Å². The molecule has 0 atom stereocenters.